The number of benzene rings is 1. The molecule has 0 unspecified atom stereocenters. The first-order valence-corrected chi connectivity index (χ1v) is 6.24. The van der Waals surface area contributed by atoms with Crippen LogP contribution in [0.15, 0.2) is 47.1 Å². The number of aryl methyl sites for hydroxylation is 2. The Labute approximate surface area is 114 Å². The van der Waals surface area contributed by atoms with Gasteiger partial charge in [-0.2, -0.15) is 0 Å². The van der Waals surface area contributed by atoms with Gasteiger partial charge in [0, 0.05) is 18.8 Å². The number of rotatable bonds is 4. The Hall–Kier alpha value is -2.69. The van der Waals surface area contributed by atoms with Crippen LogP contribution in [0.1, 0.15) is 21.8 Å². The number of carboxylic acids is 1. The normalized spacial score (nSPS) is 10.8. The fourth-order valence-electron chi connectivity index (χ4n) is 2.01. The molecule has 0 spiro atoms. The lowest BCUT2D eigenvalue weighted by molar-refractivity contribution is 0.0697. The van der Waals surface area contributed by atoms with Gasteiger partial charge in [0.1, 0.15) is 5.52 Å². The number of fused-ring (bicyclic) bond motifs is 1. The van der Waals surface area contributed by atoms with Gasteiger partial charge in [0.15, 0.2) is 11.5 Å². The monoisotopic (exact) mass is 268 g/mol. The topological polar surface area (TPSA) is 76.2 Å². The second-order valence-electron chi connectivity index (χ2n) is 4.45. The summed E-state index contributed by atoms with van der Waals surface area (Å²) >= 11 is 0. The molecule has 0 saturated heterocycles. The minimum absolute atomic E-state index is 0.203. The fourth-order valence-corrected chi connectivity index (χ4v) is 2.01. The van der Waals surface area contributed by atoms with Crippen molar-refractivity contribution < 1.29 is 14.3 Å². The van der Waals surface area contributed by atoms with E-state index in [1.54, 1.807) is 18.5 Å². The number of carbonyl (C=O) groups is 1. The van der Waals surface area contributed by atoms with Gasteiger partial charge in [0.05, 0.1) is 5.56 Å². The summed E-state index contributed by atoms with van der Waals surface area (Å²) in [4.78, 5) is 19.2. The zero-order valence-electron chi connectivity index (χ0n) is 10.6. The molecule has 1 aromatic carbocycles. The second kappa shape index (κ2) is 5.13. The molecule has 0 aliphatic carbocycles. The summed E-state index contributed by atoms with van der Waals surface area (Å²) in [7, 11) is 0. The second-order valence-corrected chi connectivity index (χ2v) is 4.45. The van der Waals surface area contributed by atoms with Gasteiger partial charge in [0.25, 0.3) is 0 Å². The summed E-state index contributed by atoms with van der Waals surface area (Å²) in [6.07, 6.45) is 4.98. The minimum atomic E-state index is -0.971. The Kier molecular flexibility index (Phi) is 3.16. The van der Waals surface area contributed by atoms with E-state index in [1.165, 1.54) is 12.1 Å². The van der Waals surface area contributed by atoms with Crippen molar-refractivity contribution in [2.75, 3.05) is 0 Å². The van der Waals surface area contributed by atoms with E-state index in [0.717, 1.165) is 12.0 Å². The van der Waals surface area contributed by atoms with Gasteiger partial charge in [-0.15, -0.1) is 0 Å². The summed E-state index contributed by atoms with van der Waals surface area (Å²) in [6, 6.07) is 8.59. The molecule has 2 aromatic heterocycles. The SMILES string of the molecule is O=C(O)c1ccc2nc(CCc3ccncc3)oc2c1. The van der Waals surface area contributed by atoms with E-state index in [1.807, 2.05) is 12.1 Å². The van der Waals surface area contributed by atoms with Crippen LogP contribution in [-0.4, -0.2) is 21.0 Å². The van der Waals surface area contributed by atoms with E-state index < -0.39 is 5.97 Å². The summed E-state index contributed by atoms with van der Waals surface area (Å²) < 4.78 is 5.59. The van der Waals surface area contributed by atoms with Crippen LogP contribution in [0.3, 0.4) is 0 Å². The third-order valence-electron chi connectivity index (χ3n) is 3.06. The highest BCUT2D eigenvalue weighted by atomic mass is 16.4. The third-order valence-corrected chi connectivity index (χ3v) is 3.06. The predicted octanol–water partition coefficient (Wildman–Crippen LogP) is 2.71. The minimum Gasteiger partial charge on any atom is -0.478 e. The quantitative estimate of drug-likeness (QED) is 0.787. The third kappa shape index (κ3) is 2.51. The van der Waals surface area contributed by atoms with Crippen molar-refractivity contribution in [3.63, 3.8) is 0 Å². The molecular formula is C15H12N2O3. The summed E-state index contributed by atoms with van der Waals surface area (Å²) in [5, 5.41) is 8.94. The van der Waals surface area contributed by atoms with E-state index in [2.05, 4.69) is 9.97 Å². The van der Waals surface area contributed by atoms with Crippen LogP contribution >= 0.6 is 0 Å². The van der Waals surface area contributed by atoms with Crippen LogP contribution in [-0.2, 0) is 12.8 Å². The molecular weight excluding hydrogens is 256 g/mol. The molecule has 5 heteroatoms. The van der Waals surface area contributed by atoms with Crippen molar-refractivity contribution in [2.45, 2.75) is 12.8 Å². The highest BCUT2D eigenvalue weighted by Crippen LogP contribution is 2.18. The maximum absolute atomic E-state index is 10.9. The number of oxazole rings is 1. The molecule has 3 aromatic rings. The molecule has 5 nitrogen and oxygen atoms in total. The Bertz CT molecular complexity index is 750. The molecule has 0 atom stereocenters. The van der Waals surface area contributed by atoms with Gasteiger partial charge in [-0.1, -0.05) is 0 Å². The van der Waals surface area contributed by atoms with E-state index in [9.17, 15) is 4.79 Å². The first kappa shape index (κ1) is 12.3. The Morgan fingerprint density at radius 1 is 1.15 bits per heavy atom. The average Bonchev–Trinajstić information content (AvgIpc) is 2.88. The van der Waals surface area contributed by atoms with Crippen molar-refractivity contribution in [3.8, 4) is 0 Å². The maximum atomic E-state index is 10.9. The van der Waals surface area contributed by atoms with Crippen molar-refractivity contribution in [2.24, 2.45) is 0 Å². The lowest BCUT2D eigenvalue weighted by atomic mass is 10.1. The molecule has 0 fully saturated rings. The molecule has 0 aliphatic rings. The van der Waals surface area contributed by atoms with Gasteiger partial charge < -0.3 is 9.52 Å². The van der Waals surface area contributed by atoms with Crippen LogP contribution in [0.2, 0.25) is 0 Å². The van der Waals surface area contributed by atoms with Gasteiger partial charge in [-0.25, -0.2) is 9.78 Å². The smallest absolute Gasteiger partial charge is 0.335 e. The van der Waals surface area contributed by atoms with Crippen molar-refractivity contribution in [1.82, 2.24) is 9.97 Å². The molecule has 0 bridgehead atoms. The molecule has 0 amide bonds. The summed E-state index contributed by atoms with van der Waals surface area (Å²) in [5.41, 5.74) is 2.55. The fraction of sp³-hybridized carbons (Fsp3) is 0.133. The lowest BCUT2D eigenvalue weighted by Crippen LogP contribution is -1.94. The molecule has 1 N–H and O–H groups in total. The van der Waals surface area contributed by atoms with Crippen molar-refractivity contribution >= 4 is 17.1 Å². The largest absolute Gasteiger partial charge is 0.478 e. The van der Waals surface area contributed by atoms with Gasteiger partial charge >= 0.3 is 5.97 Å². The summed E-state index contributed by atoms with van der Waals surface area (Å²) in [5.74, 6) is -0.360. The summed E-state index contributed by atoms with van der Waals surface area (Å²) in [6.45, 7) is 0. The first-order chi connectivity index (χ1) is 9.72. The molecule has 2 heterocycles. The number of hydrogen-bond donors (Lipinski definition) is 1. The Morgan fingerprint density at radius 3 is 2.70 bits per heavy atom. The average molecular weight is 268 g/mol. The highest BCUT2D eigenvalue weighted by Gasteiger charge is 2.09. The van der Waals surface area contributed by atoms with E-state index in [4.69, 9.17) is 9.52 Å². The molecule has 0 radical (unpaired) electrons. The van der Waals surface area contributed by atoms with Crippen LogP contribution in [0, 0.1) is 0 Å². The number of nitrogens with zero attached hydrogens (tertiary/aromatic N) is 2. The van der Waals surface area contributed by atoms with Crippen LogP contribution < -0.4 is 0 Å². The van der Waals surface area contributed by atoms with Crippen LogP contribution in [0.25, 0.3) is 11.1 Å². The van der Waals surface area contributed by atoms with Gasteiger partial charge in [0.2, 0.25) is 0 Å². The molecule has 0 aliphatic heterocycles. The molecule has 3 rings (SSSR count). The van der Waals surface area contributed by atoms with E-state index >= 15 is 0 Å². The van der Waals surface area contributed by atoms with Crippen molar-refractivity contribution in [3.05, 3.63) is 59.7 Å². The molecule has 20 heavy (non-hydrogen) atoms. The van der Waals surface area contributed by atoms with Crippen LogP contribution in [0.5, 0.6) is 0 Å². The number of aromatic nitrogens is 2. The standard InChI is InChI=1S/C15H12N2O3/c18-15(19)11-2-3-12-13(9-11)20-14(17-12)4-1-10-5-7-16-8-6-10/h2-3,5-9H,1,4H2,(H,18,19). The maximum Gasteiger partial charge on any atom is 0.335 e. The van der Waals surface area contributed by atoms with E-state index in [0.29, 0.717) is 23.4 Å². The number of hydrogen-bond acceptors (Lipinski definition) is 4. The zero-order valence-corrected chi connectivity index (χ0v) is 10.6. The molecule has 0 saturated carbocycles. The van der Waals surface area contributed by atoms with Gasteiger partial charge in [-0.3, -0.25) is 4.98 Å². The van der Waals surface area contributed by atoms with Crippen LogP contribution in [0.4, 0.5) is 0 Å². The number of pyridine rings is 1. The molecule has 100 valence electrons. The predicted molar refractivity (Wildman–Crippen MR) is 72.6 cm³/mol. The number of aromatic carboxylic acids is 1. The van der Waals surface area contributed by atoms with Crippen molar-refractivity contribution in [1.29, 1.82) is 0 Å². The van der Waals surface area contributed by atoms with Gasteiger partial charge in [-0.05, 0) is 42.3 Å². The first-order valence-electron chi connectivity index (χ1n) is 6.24. The Morgan fingerprint density at radius 2 is 1.95 bits per heavy atom. The Balaban J connectivity index is 1.80. The number of carboxylic acid groups (broad SMARTS) is 1. The highest BCUT2D eigenvalue weighted by molar-refractivity contribution is 5.91. The zero-order chi connectivity index (χ0) is 13.9. The van der Waals surface area contributed by atoms with E-state index in [-0.39, 0.29) is 5.56 Å². The lowest BCUT2D eigenvalue weighted by Gasteiger charge is -1.96.